The number of benzene rings is 2. The molecule has 98 valence electrons. The number of aromatic hydroxyl groups is 1. The van der Waals surface area contributed by atoms with Crippen molar-refractivity contribution in [3.63, 3.8) is 0 Å². The lowest BCUT2D eigenvalue weighted by molar-refractivity contribution is -0.384. The number of pyridine rings is 1. The number of nitrogens with zero attached hydrogens (tertiary/aromatic N) is 2. The van der Waals surface area contributed by atoms with E-state index in [2.05, 4.69) is 4.98 Å². The van der Waals surface area contributed by atoms with Crippen LogP contribution in [0.5, 0.6) is 5.75 Å². The third-order valence-corrected chi connectivity index (χ3v) is 3.07. The number of nitro groups is 1. The van der Waals surface area contributed by atoms with E-state index in [-0.39, 0.29) is 11.4 Å². The van der Waals surface area contributed by atoms with Gasteiger partial charge in [-0.25, -0.2) is 4.98 Å². The maximum Gasteiger partial charge on any atom is 0.270 e. The molecule has 0 unspecified atom stereocenters. The van der Waals surface area contributed by atoms with Gasteiger partial charge in [0.05, 0.1) is 16.1 Å². The molecule has 5 nitrogen and oxygen atoms in total. The molecule has 1 heterocycles. The van der Waals surface area contributed by atoms with E-state index in [9.17, 15) is 15.2 Å². The van der Waals surface area contributed by atoms with Crippen molar-refractivity contribution < 1.29 is 10.0 Å². The molecular weight excluding hydrogens is 256 g/mol. The highest BCUT2D eigenvalue weighted by Gasteiger charge is 2.13. The predicted molar refractivity (Wildman–Crippen MR) is 75.5 cm³/mol. The zero-order valence-electron chi connectivity index (χ0n) is 10.4. The van der Waals surface area contributed by atoms with Gasteiger partial charge in [-0.05, 0) is 18.2 Å². The zero-order chi connectivity index (χ0) is 14.1. The van der Waals surface area contributed by atoms with Crippen molar-refractivity contribution in [2.75, 3.05) is 0 Å². The van der Waals surface area contributed by atoms with E-state index in [1.165, 1.54) is 18.2 Å². The molecule has 0 spiro atoms. The van der Waals surface area contributed by atoms with Gasteiger partial charge in [0.15, 0.2) is 0 Å². The quantitative estimate of drug-likeness (QED) is 0.568. The number of fused-ring (bicyclic) bond motifs is 1. The summed E-state index contributed by atoms with van der Waals surface area (Å²) < 4.78 is 0. The first-order valence-electron chi connectivity index (χ1n) is 5.99. The highest BCUT2D eigenvalue weighted by atomic mass is 16.6. The maximum absolute atomic E-state index is 10.8. The van der Waals surface area contributed by atoms with Crippen molar-refractivity contribution in [1.82, 2.24) is 4.98 Å². The molecule has 2 aromatic carbocycles. The van der Waals surface area contributed by atoms with E-state index >= 15 is 0 Å². The summed E-state index contributed by atoms with van der Waals surface area (Å²) in [4.78, 5) is 14.7. The largest absolute Gasteiger partial charge is 0.507 e. The van der Waals surface area contributed by atoms with Crippen LogP contribution in [0.15, 0.2) is 54.6 Å². The number of para-hydroxylation sites is 1. The smallest absolute Gasteiger partial charge is 0.270 e. The second-order valence-electron chi connectivity index (χ2n) is 4.35. The Morgan fingerprint density at radius 1 is 1.05 bits per heavy atom. The Morgan fingerprint density at radius 2 is 1.85 bits per heavy atom. The molecule has 0 aliphatic rings. The Labute approximate surface area is 114 Å². The average molecular weight is 266 g/mol. The van der Waals surface area contributed by atoms with Crippen LogP contribution < -0.4 is 0 Å². The van der Waals surface area contributed by atoms with E-state index in [4.69, 9.17) is 0 Å². The molecule has 0 atom stereocenters. The van der Waals surface area contributed by atoms with E-state index in [0.717, 1.165) is 10.9 Å². The van der Waals surface area contributed by atoms with Crippen molar-refractivity contribution in [2.24, 2.45) is 0 Å². The monoisotopic (exact) mass is 266 g/mol. The van der Waals surface area contributed by atoms with Crippen molar-refractivity contribution in [3.05, 3.63) is 64.7 Å². The Bertz CT molecular complexity index is 815. The topological polar surface area (TPSA) is 76.3 Å². The van der Waals surface area contributed by atoms with Crippen molar-refractivity contribution in [2.45, 2.75) is 0 Å². The number of nitro benzene ring substituents is 1. The molecule has 3 rings (SSSR count). The lowest BCUT2D eigenvalue weighted by Gasteiger charge is -2.05. The lowest BCUT2D eigenvalue weighted by Crippen LogP contribution is -1.90. The summed E-state index contributed by atoms with van der Waals surface area (Å²) in [5.74, 6) is -0.0293. The minimum atomic E-state index is -0.496. The maximum atomic E-state index is 10.8. The standard InChI is InChI=1S/C15H10N2O3/c18-15-8-6-11(17(19)20)9-12(15)14-7-5-10-3-1-2-4-13(10)16-14/h1-9,18H. The van der Waals surface area contributed by atoms with Gasteiger partial charge in [-0.2, -0.15) is 0 Å². The summed E-state index contributed by atoms with van der Waals surface area (Å²) in [7, 11) is 0. The molecule has 0 fully saturated rings. The Morgan fingerprint density at radius 3 is 2.65 bits per heavy atom. The van der Waals surface area contributed by atoms with Gasteiger partial charge in [-0.15, -0.1) is 0 Å². The van der Waals surface area contributed by atoms with Crippen LogP contribution in [-0.2, 0) is 0 Å². The summed E-state index contributed by atoms with van der Waals surface area (Å²) in [5, 5.41) is 21.7. The van der Waals surface area contributed by atoms with Gasteiger partial charge in [-0.1, -0.05) is 24.3 Å². The molecule has 0 saturated carbocycles. The van der Waals surface area contributed by atoms with Gasteiger partial charge >= 0.3 is 0 Å². The molecule has 1 N–H and O–H groups in total. The fourth-order valence-electron chi connectivity index (χ4n) is 2.06. The molecule has 0 bridgehead atoms. The third kappa shape index (κ3) is 2.05. The molecule has 1 aromatic heterocycles. The highest BCUT2D eigenvalue weighted by Crippen LogP contribution is 2.32. The average Bonchev–Trinajstić information content (AvgIpc) is 2.47. The molecule has 0 aliphatic heterocycles. The van der Waals surface area contributed by atoms with Gasteiger partial charge < -0.3 is 5.11 Å². The second kappa shape index (κ2) is 4.62. The van der Waals surface area contributed by atoms with Gasteiger partial charge in [0.25, 0.3) is 5.69 Å². The lowest BCUT2D eigenvalue weighted by atomic mass is 10.1. The van der Waals surface area contributed by atoms with Crippen LogP contribution in [0.3, 0.4) is 0 Å². The van der Waals surface area contributed by atoms with Crippen LogP contribution in [0.1, 0.15) is 0 Å². The van der Waals surface area contributed by atoms with Crippen LogP contribution in [-0.4, -0.2) is 15.0 Å². The van der Waals surface area contributed by atoms with Gasteiger partial charge in [-0.3, -0.25) is 10.1 Å². The molecule has 3 aromatic rings. The predicted octanol–water partition coefficient (Wildman–Crippen LogP) is 3.52. The Hall–Kier alpha value is -2.95. The summed E-state index contributed by atoms with van der Waals surface area (Å²) >= 11 is 0. The van der Waals surface area contributed by atoms with Crippen molar-refractivity contribution in [1.29, 1.82) is 0 Å². The summed E-state index contributed by atoms with van der Waals surface area (Å²) in [6.45, 7) is 0. The summed E-state index contributed by atoms with van der Waals surface area (Å²) in [5.41, 5.74) is 1.55. The zero-order valence-corrected chi connectivity index (χ0v) is 10.4. The number of phenols is 1. The molecule has 5 heteroatoms. The molecule has 0 aliphatic carbocycles. The summed E-state index contributed by atoms with van der Waals surface area (Å²) in [6.07, 6.45) is 0. The van der Waals surface area contributed by atoms with E-state index < -0.39 is 4.92 Å². The fourth-order valence-corrected chi connectivity index (χ4v) is 2.06. The van der Waals surface area contributed by atoms with E-state index in [0.29, 0.717) is 11.3 Å². The number of hydrogen-bond donors (Lipinski definition) is 1. The van der Waals surface area contributed by atoms with Crippen molar-refractivity contribution in [3.8, 4) is 17.0 Å². The molecular formula is C15H10N2O3. The van der Waals surface area contributed by atoms with Crippen LogP contribution in [0.2, 0.25) is 0 Å². The number of phenolic OH excluding ortho intramolecular Hbond substituents is 1. The summed E-state index contributed by atoms with van der Waals surface area (Å²) in [6, 6.07) is 15.1. The Kier molecular flexibility index (Phi) is 2.80. The Balaban J connectivity index is 2.19. The second-order valence-corrected chi connectivity index (χ2v) is 4.35. The highest BCUT2D eigenvalue weighted by molar-refractivity contribution is 5.82. The van der Waals surface area contributed by atoms with Gasteiger partial charge in [0.1, 0.15) is 5.75 Å². The molecule has 0 saturated heterocycles. The minimum absolute atomic E-state index is 0.0293. The first-order valence-corrected chi connectivity index (χ1v) is 5.99. The van der Waals surface area contributed by atoms with Crippen LogP contribution in [0.25, 0.3) is 22.2 Å². The molecule has 0 radical (unpaired) electrons. The van der Waals surface area contributed by atoms with E-state index in [1.54, 1.807) is 6.07 Å². The van der Waals surface area contributed by atoms with Gasteiger partial charge in [0, 0.05) is 23.1 Å². The van der Waals surface area contributed by atoms with Gasteiger partial charge in [0.2, 0.25) is 0 Å². The molecule has 0 amide bonds. The fraction of sp³-hybridized carbons (Fsp3) is 0. The van der Waals surface area contributed by atoms with E-state index in [1.807, 2.05) is 30.3 Å². The minimum Gasteiger partial charge on any atom is -0.507 e. The molecule has 20 heavy (non-hydrogen) atoms. The third-order valence-electron chi connectivity index (χ3n) is 3.07. The van der Waals surface area contributed by atoms with Crippen molar-refractivity contribution >= 4 is 16.6 Å². The first kappa shape index (κ1) is 12.1. The number of non-ortho nitro benzene ring substituents is 1. The number of hydrogen-bond acceptors (Lipinski definition) is 4. The normalized spacial score (nSPS) is 10.6. The SMILES string of the molecule is O=[N+]([O-])c1ccc(O)c(-c2ccc3ccccc3n2)c1. The number of rotatable bonds is 2. The first-order chi connectivity index (χ1) is 9.65. The van der Waals surface area contributed by atoms with Crippen LogP contribution >= 0.6 is 0 Å². The van der Waals surface area contributed by atoms with Crippen LogP contribution in [0.4, 0.5) is 5.69 Å². The number of aromatic nitrogens is 1. The van der Waals surface area contributed by atoms with Crippen LogP contribution in [0, 0.1) is 10.1 Å².